The average Bonchev–Trinajstić information content (AvgIpc) is 2.41. The van der Waals surface area contributed by atoms with E-state index < -0.39 is 10.9 Å². The number of nitro groups is 1. The first-order valence-corrected chi connectivity index (χ1v) is 6.78. The number of aliphatic carboxylic acids is 1. The molecule has 2 N–H and O–H groups in total. The largest absolute Gasteiger partial charge is 0.481 e. The van der Waals surface area contributed by atoms with Crippen molar-refractivity contribution in [2.75, 3.05) is 5.32 Å². The van der Waals surface area contributed by atoms with Gasteiger partial charge in [-0.2, -0.15) is 0 Å². The highest BCUT2D eigenvalue weighted by Gasteiger charge is 2.27. The molecule has 0 amide bonds. The molecule has 0 bridgehead atoms. The number of carbonyl (C=O) groups is 1. The Morgan fingerprint density at radius 2 is 2.20 bits per heavy atom. The van der Waals surface area contributed by atoms with Crippen molar-refractivity contribution >= 4 is 28.9 Å². The van der Waals surface area contributed by atoms with Crippen LogP contribution in [0.3, 0.4) is 0 Å². The SMILES string of the molecule is O=C(O)C1CCCC(Nc2ccc(Cl)c([N+](=O)[O-])c2)C1. The summed E-state index contributed by atoms with van der Waals surface area (Å²) in [4.78, 5) is 21.3. The summed E-state index contributed by atoms with van der Waals surface area (Å²) in [7, 11) is 0. The molecular formula is C13H15ClN2O4. The van der Waals surface area contributed by atoms with Gasteiger partial charge in [-0.05, 0) is 31.4 Å². The van der Waals surface area contributed by atoms with Crippen LogP contribution >= 0.6 is 11.6 Å². The Labute approximate surface area is 120 Å². The zero-order valence-electron chi connectivity index (χ0n) is 10.7. The number of carboxylic acids is 1. The summed E-state index contributed by atoms with van der Waals surface area (Å²) in [5.74, 6) is -1.12. The van der Waals surface area contributed by atoms with Gasteiger partial charge in [0.15, 0.2) is 0 Å². The molecule has 2 atom stereocenters. The molecule has 0 heterocycles. The van der Waals surface area contributed by atoms with Gasteiger partial charge in [-0.1, -0.05) is 18.0 Å². The molecule has 0 saturated heterocycles. The predicted molar refractivity (Wildman–Crippen MR) is 75.1 cm³/mol. The first-order valence-electron chi connectivity index (χ1n) is 6.40. The highest BCUT2D eigenvalue weighted by atomic mass is 35.5. The Bertz CT molecular complexity index is 535. The molecule has 1 aliphatic carbocycles. The van der Waals surface area contributed by atoms with Crippen molar-refractivity contribution in [3.63, 3.8) is 0 Å². The molecule has 0 spiro atoms. The fraction of sp³-hybridized carbons (Fsp3) is 0.462. The molecule has 0 radical (unpaired) electrons. The molecule has 6 nitrogen and oxygen atoms in total. The maximum Gasteiger partial charge on any atom is 0.306 e. The van der Waals surface area contributed by atoms with Crippen molar-refractivity contribution in [1.82, 2.24) is 0 Å². The lowest BCUT2D eigenvalue weighted by atomic mass is 9.85. The molecule has 7 heteroatoms. The van der Waals surface area contributed by atoms with E-state index in [1.165, 1.54) is 12.1 Å². The van der Waals surface area contributed by atoms with Gasteiger partial charge in [0.2, 0.25) is 0 Å². The summed E-state index contributed by atoms with van der Waals surface area (Å²) in [6, 6.07) is 4.54. The van der Waals surface area contributed by atoms with Gasteiger partial charge >= 0.3 is 5.97 Å². The second-order valence-electron chi connectivity index (χ2n) is 4.97. The monoisotopic (exact) mass is 298 g/mol. The van der Waals surface area contributed by atoms with Crippen molar-refractivity contribution in [3.8, 4) is 0 Å². The van der Waals surface area contributed by atoms with E-state index in [1.807, 2.05) is 0 Å². The smallest absolute Gasteiger partial charge is 0.306 e. The van der Waals surface area contributed by atoms with Crippen LogP contribution in [0.15, 0.2) is 18.2 Å². The zero-order valence-corrected chi connectivity index (χ0v) is 11.5. The molecule has 108 valence electrons. The molecule has 0 aliphatic heterocycles. The van der Waals surface area contributed by atoms with Crippen LogP contribution in [0.25, 0.3) is 0 Å². The molecule has 1 fully saturated rings. The van der Waals surface area contributed by atoms with Crippen molar-refractivity contribution in [3.05, 3.63) is 33.3 Å². The average molecular weight is 299 g/mol. The van der Waals surface area contributed by atoms with Crippen LogP contribution < -0.4 is 5.32 Å². The predicted octanol–water partition coefficient (Wildman–Crippen LogP) is 3.30. The number of nitro benzene ring substituents is 1. The van der Waals surface area contributed by atoms with Crippen molar-refractivity contribution in [2.24, 2.45) is 5.92 Å². The standard InChI is InChI=1S/C13H15ClN2O4/c14-11-5-4-10(7-12(11)16(19)20)15-9-3-1-2-8(6-9)13(17)18/h4-5,7-9,15H,1-3,6H2,(H,17,18). The summed E-state index contributed by atoms with van der Waals surface area (Å²) in [6.07, 6.45) is 2.92. The second-order valence-corrected chi connectivity index (χ2v) is 5.37. The number of halogens is 1. The minimum Gasteiger partial charge on any atom is -0.481 e. The normalized spacial score (nSPS) is 22.2. The molecule has 1 aromatic carbocycles. The van der Waals surface area contributed by atoms with Gasteiger partial charge in [-0.3, -0.25) is 14.9 Å². The number of nitrogens with zero attached hydrogens (tertiary/aromatic N) is 1. The fourth-order valence-electron chi connectivity index (χ4n) is 2.52. The molecule has 1 aliphatic rings. The van der Waals surface area contributed by atoms with Gasteiger partial charge in [-0.25, -0.2) is 0 Å². The quantitative estimate of drug-likeness (QED) is 0.657. The second kappa shape index (κ2) is 6.09. The van der Waals surface area contributed by atoms with E-state index in [0.29, 0.717) is 18.5 Å². The van der Waals surface area contributed by atoms with Gasteiger partial charge < -0.3 is 10.4 Å². The minimum atomic E-state index is -0.779. The van der Waals surface area contributed by atoms with Gasteiger partial charge in [-0.15, -0.1) is 0 Å². The number of rotatable bonds is 4. The lowest BCUT2D eigenvalue weighted by Gasteiger charge is -2.28. The summed E-state index contributed by atoms with van der Waals surface area (Å²) in [5.41, 5.74) is 0.444. The van der Waals surface area contributed by atoms with Crippen LogP contribution in [0.4, 0.5) is 11.4 Å². The molecule has 20 heavy (non-hydrogen) atoms. The Morgan fingerprint density at radius 3 is 2.85 bits per heavy atom. The highest BCUT2D eigenvalue weighted by Crippen LogP contribution is 2.30. The summed E-state index contributed by atoms with van der Waals surface area (Å²) in [6.45, 7) is 0. The van der Waals surface area contributed by atoms with E-state index in [-0.39, 0.29) is 22.7 Å². The van der Waals surface area contributed by atoms with Crippen LogP contribution in [-0.2, 0) is 4.79 Å². The molecule has 2 rings (SSSR count). The molecule has 2 unspecified atom stereocenters. The number of hydrogen-bond donors (Lipinski definition) is 2. The van der Waals surface area contributed by atoms with Crippen LogP contribution in [-0.4, -0.2) is 22.0 Å². The molecule has 1 saturated carbocycles. The lowest BCUT2D eigenvalue weighted by molar-refractivity contribution is -0.384. The van der Waals surface area contributed by atoms with E-state index in [4.69, 9.17) is 16.7 Å². The molecular weight excluding hydrogens is 284 g/mol. The maximum atomic E-state index is 11.0. The Morgan fingerprint density at radius 1 is 1.45 bits per heavy atom. The first kappa shape index (κ1) is 14.6. The van der Waals surface area contributed by atoms with E-state index in [1.54, 1.807) is 6.07 Å². The summed E-state index contributed by atoms with van der Waals surface area (Å²) < 4.78 is 0. The Balaban J connectivity index is 2.08. The number of nitrogens with one attached hydrogen (secondary N) is 1. The van der Waals surface area contributed by atoms with Gasteiger partial charge in [0.25, 0.3) is 5.69 Å². The van der Waals surface area contributed by atoms with Crippen molar-refractivity contribution in [1.29, 1.82) is 0 Å². The van der Waals surface area contributed by atoms with Crippen molar-refractivity contribution in [2.45, 2.75) is 31.7 Å². The number of anilines is 1. The van der Waals surface area contributed by atoms with Crippen molar-refractivity contribution < 1.29 is 14.8 Å². The van der Waals surface area contributed by atoms with Gasteiger partial charge in [0, 0.05) is 17.8 Å². The maximum absolute atomic E-state index is 11.0. The molecule has 0 aromatic heterocycles. The third-order valence-electron chi connectivity index (χ3n) is 3.54. The minimum absolute atomic E-state index is 0.0191. The summed E-state index contributed by atoms with van der Waals surface area (Å²) in [5, 5.41) is 23.1. The number of hydrogen-bond acceptors (Lipinski definition) is 4. The van der Waals surface area contributed by atoms with E-state index >= 15 is 0 Å². The first-order chi connectivity index (χ1) is 9.47. The Hall–Kier alpha value is -1.82. The highest BCUT2D eigenvalue weighted by molar-refractivity contribution is 6.32. The van der Waals surface area contributed by atoms with E-state index in [2.05, 4.69) is 5.32 Å². The zero-order chi connectivity index (χ0) is 14.7. The van der Waals surface area contributed by atoms with Gasteiger partial charge in [0.1, 0.15) is 5.02 Å². The lowest BCUT2D eigenvalue weighted by Crippen LogP contribution is -2.30. The third-order valence-corrected chi connectivity index (χ3v) is 3.86. The van der Waals surface area contributed by atoms with Crippen LogP contribution in [0.1, 0.15) is 25.7 Å². The Kier molecular flexibility index (Phi) is 4.44. The molecule has 1 aromatic rings. The van der Waals surface area contributed by atoms with Crippen LogP contribution in [0.5, 0.6) is 0 Å². The fourth-order valence-corrected chi connectivity index (χ4v) is 2.71. The van der Waals surface area contributed by atoms with Crippen LogP contribution in [0, 0.1) is 16.0 Å². The number of carboxylic acid groups (broad SMARTS) is 1. The van der Waals surface area contributed by atoms with E-state index in [9.17, 15) is 14.9 Å². The van der Waals surface area contributed by atoms with Crippen LogP contribution in [0.2, 0.25) is 5.02 Å². The van der Waals surface area contributed by atoms with Gasteiger partial charge in [0.05, 0.1) is 10.8 Å². The van der Waals surface area contributed by atoms with E-state index in [0.717, 1.165) is 12.8 Å². The third kappa shape index (κ3) is 3.39. The summed E-state index contributed by atoms with van der Waals surface area (Å²) >= 11 is 5.75. The topological polar surface area (TPSA) is 92.5 Å². The number of benzene rings is 1.